The van der Waals surface area contributed by atoms with Crippen LogP contribution < -0.4 is 5.32 Å². The van der Waals surface area contributed by atoms with Crippen molar-refractivity contribution in [3.05, 3.63) is 78.7 Å². The maximum atomic E-state index is 13.5. The molecule has 1 amide bonds. The first kappa shape index (κ1) is 27.3. The van der Waals surface area contributed by atoms with Crippen LogP contribution in [0.1, 0.15) is 76.1 Å². The Bertz CT molecular complexity index is 1030. The maximum Gasteiger partial charge on any atom is 0.272 e. The molecule has 0 spiro atoms. The lowest BCUT2D eigenvalue weighted by atomic mass is 9.79. The van der Waals surface area contributed by atoms with Crippen LogP contribution in [0.15, 0.2) is 61.8 Å². The lowest BCUT2D eigenvalue weighted by molar-refractivity contribution is -0.245. The van der Waals surface area contributed by atoms with Crippen LogP contribution in [0, 0.1) is 6.92 Å². The van der Waals surface area contributed by atoms with Gasteiger partial charge in [0.1, 0.15) is 0 Å². The van der Waals surface area contributed by atoms with E-state index >= 15 is 0 Å². The van der Waals surface area contributed by atoms with E-state index in [2.05, 4.69) is 18.5 Å². The van der Waals surface area contributed by atoms with E-state index in [1.54, 1.807) is 16.8 Å². The van der Waals surface area contributed by atoms with Crippen LogP contribution in [0.4, 0.5) is 0 Å². The number of amides is 1. The van der Waals surface area contributed by atoms with Crippen molar-refractivity contribution in [1.29, 1.82) is 0 Å². The standard InChI is InChI=1S/C28H40N4O2/c1-10-14-17-21(13-4)25-20(5)24(30-31(25)23(15-11-2)16-12-3)26(33)29-22-18-27(6,7)32(34)28(8,9)19-22/h10-17,22,34H,2,4,18-19H2,1,3,5-9H3,(H,29,33)/b14-10-,16-12-,21-17+,23-15+. The Hall–Kier alpha value is -2.96. The molecule has 0 atom stereocenters. The molecule has 0 aliphatic carbocycles. The number of piperidine rings is 1. The van der Waals surface area contributed by atoms with Crippen LogP contribution in [0.25, 0.3) is 11.3 Å². The summed E-state index contributed by atoms with van der Waals surface area (Å²) in [5.74, 6) is -0.228. The average molecular weight is 465 g/mol. The van der Waals surface area contributed by atoms with E-state index in [1.165, 1.54) is 5.06 Å². The SMILES string of the molecule is C=C/C=C(\C=C/C)n1nc(C(=O)NC2CC(C)(C)N(O)C(C)(C)C2)c(C)c1/C(C=C)=C/C=C\C. The van der Waals surface area contributed by atoms with Crippen LogP contribution in [0.3, 0.4) is 0 Å². The largest absolute Gasteiger partial charge is 0.348 e. The summed E-state index contributed by atoms with van der Waals surface area (Å²) in [6, 6.07) is -0.0925. The van der Waals surface area contributed by atoms with Crippen molar-refractivity contribution in [2.75, 3.05) is 0 Å². The first-order chi connectivity index (χ1) is 15.9. The van der Waals surface area contributed by atoms with Gasteiger partial charge in [-0.2, -0.15) is 10.2 Å². The van der Waals surface area contributed by atoms with Gasteiger partial charge in [-0.3, -0.25) is 4.79 Å². The van der Waals surface area contributed by atoms with Crippen molar-refractivity contribution in [2.24, 2.45) is 0 Å². The molecule has 0 radical (unpaired) electrons. The minimum absolute atomic E-state index is 0.0925. The second-order valence-corrected chi connectivity index (χ2v) is 9.93. The number of rotatable bonds is 8. The number of hydrogen-bond donors (Lipinski definition) is 2. The van der Waals surface area contributed by atoms with Crippen LogP contribution >= 0.6 is 0 Å². The number of carbonyl (C=O) groups excluding carboxylic acids is 1. The van der Waals surface area contributed by atoms with Gasteiger partial charge in [0.05, 0.1) is 11.4 Å². The Labute approximate surface area is 204 Å². The molecule has 1 aromatic heterocycles. The molecule has 184 valence electrons. The third-order valence-corrected chi connectivity index (χ3v) is 6.14. The van der Waals surface area contributed by atoms with E-state index in [-0.39, 0.29) is 11.9 Å². The third-order valence-electron chi connectivity index (χ3n) is 6.14. The molecule has 1 fully saturated rings. The van der Waals surface area contributed by atoms with E-state index < -0.39 is 11.1 Å². The molecule has 0 bridgehead atoms. The highest BCUT2D eigenvalue weighted by Gasteiger charge is 2.45. The van der Waals surface area contributed by atoms with Gasteiger partial charge in [-0.15, -0.1) is 0 Å². The normalized spacial score (nSPS) is 19.6. The lowest BCUT2D eigenvalue weighted by Crippen LogP contribution is -2.63. The molecule has 1 saturated heterocycles. The summed E-state index contributed by atoms with van der Waals surface area (Å²) in [6.45, 7) is 21.5. The van der Waals surface area contributed by atoms with Gasteiger partial charge in [-0.05, 0) is 79.0 Å². The molecule has 2 rings (SSSR count). The third kappa shape index (κ3) is 5.75. The smallest absolute Gasteiger partial charge is 0.272 e. The summed E-state index contributed by atoms with van der Waals surface area (Å²) in [5.41, 5.74) is 2.66. The molecule has 2 N–H and O–H groups in total. The van der Waals surface area contributed by atoms with Crippen molar-refractivity contribution in [1.82, 2.24) is 20.2 Å². The molecule has 1 aromatic rings. The highest BCUT2D eigenvalue weighted by Crippen LogP contribution is 2.37. The Morgan fingerprint density at radius 1 is 1.12 bits per heavy atom. The predicted octanol–water partition coefficient (Wildman–Crippen LogP) is 6.08. The topological polar surface area (TPSA) is 70.4 Å². The minimum Gasteiger partial charge on any atom is -0.348 e. The molecular formula is C28H40N4O2. The fourth-order valence-corrected chi connectivity index (χ4v) is 4.80. The number of hydrogen-bond acceptors (Lipinski definition) is 4. The zero-order chi connectivity index (χ0) is 25.7. The molecule has 1 aliphatic heterocycles. The summed E-state index contributed by atoms with van der Waals surface area (Å²) in [4.78, 5) is 13.5. The van der Waals surface area contributed by atoms with Gasteiger partial charge < -0.3 is 10.5 Å². The summed E-state index contributed by atoms with van der Waals surface area (Å²) >= 11 is 0. The Balaban J connectivity index is 2.56. The Kier molecular flexibility index (Phi) is 8.81. The zero-order valence-electron chi connectivity index (χ0n) is 21.7. The number of hydroxylamine groups is 2. The summed E-state index contributed by atoms with van der Waals surface area (Å²) in [7, 11) is 0. The van der Waals surface area contributed by atoms with Crippen LogP contribution in [0.2, 0.25) is 0 Å². The molecule has 0 aromatic carbocycles. The molecule has 6 heteroatoms. The quantitative estimate of drug-likeness (QED) is 0.457. The maximum absolute atomic E-state index is 13.5. The van der Waals surface area contributed by atoms with Crippen molar-refractivity contribution >= 4 is 17.2 Å². The van der Waals surface area contributed by atoms with Crippen molar-refractivity contribution in [3.63, 3.8) is 0 Å². The fraction of sp³-hybridized carbons (Fsp3) is 0.429. The van der Waals surface area contributed by atoms with Gasteiger partial charge in [0, 0.05) is 22.7 Å². The molecule has 6 nitrogen and oxygen atoms in total. The van der Waals surface area contributed by atoms with Gasteiger partial charge in [-0.1, -0.05) is 49.6 Å². The highest BCUT2D eigenvalue weighted by atomic mass is 16.5. The summed E-state index contributed by atoms with van der Waals surface area (Å²) in [6.07, 6.45) is 16.3. The highest BCUT2D eigenvalue weighted by molar-refractivity contribution is 5.96. The molecule has 1 aliphatic rings. The van der Waals surface area contributed by atoms with Crippen molar-refractivity contribution in [3.8, 4) is 0 Å². The predicted molar refractivity (Wildman–Crippen MR) is 142 cm³/mol. The molecule has 34 heavy (non-hydrogen) atoms. The van der Waals surface area contributed by atoms with Crippen molar-refractivity contribution < 1.29 is 10.0 Å². The molecule has 0 unspecified atom stereocenters. The number of nitrogens with zero attached hydrogens (tertiary/aromatic N) is 3. The number of aromatic nitrogens is 2. The van der Waals surface area contributed by atoms with E-state index in [9.17, 15) is 10.0 Å². The Morgan fingerprint density at radius 3 is 2.24 bits per heavy atom. The zero-order valence-corrected chi connectivity index (χ0v) is 21.7. The van der Waals surface area contributed by atoms with E-state index in [1.807, 2.05) is 84.9 Å². The molecular weight excluding hydrogens is 424 g/mol. The van der Waals surface area contributed by atoms with E-state index in [0.29, 0.717) is 18.5 Å². The number of allylic oxidation sites excluding steroid dienone is 10. The van der Waals surface area contributed by atoms with Crippen molar-refractivity contribution in [2.45, 2.75) is 78.4 Å². The fourth-order valence-electron chi connectivity index (χ4n) is 4.80. The van der Waals surface area contributed by atoms with Gasteiger partial charge >= 0.3 is 0 Å². The lowest BCUT2D eigenvalue weighted by Gasteiger charge is -2.51. The molecule has 0 saturated carbocycles. The minimum atomic E-state index is -0.462. The van der Waals surface area contributed by atoms with E-state index in [4.69, 9.17) is 5.10 Å². The van der Waals surface area contributed by atoms with E-state index in [0.717, 1.165) is 22.5 Å². The van der Waals surface area contributed by atoms with Gasteiger partial charge in [0.15, 0.2) is 5.69 Å². The van der Waals surface area contributed by atoms with Crippen LogP contribution in [-0.2, 0) is 0 Å². The van der Waals surface area contributed by atoms with Crippen LogP contribution in [0.5, 0.6) is 0 Å². The van der Waals surface area contributed by atoms with Gasteiger partial charge in [-0.25, -0.2) is 4.68 Å². The first-order valence-electron chi connectivity index (χ1n) is 11.7. The second-order valence-electron chi connectivity index (χ2n) is 9.93. The first-order valence-corrected chi connectivity index (χ1v) is 11.7. The van der Waals surface area contributed by atoms with Gasteiger partial charge in [0.2, 0.25) is 0 Å². The Morgan fingerprint density at radius 2 is 1.74 bits per heavy atom. The number of nitrogens with one attached hydrogen (secondary N) is 1. The monoisotopic (exact) mass is 464 g/mol. The second kappa shape index (κ2) is 11.0. The average Bonchev–Trinajstić information content (AvgIpc) is 3.09. The van der Waals surface area contributed by atoms with Gasteiger partial charge in [0.25, 0.3) is 5.91 Å². The summed E-state index contributed by atoms with van der Waals surface area (Å²) in [5, 5.41) is 19.9. The van der Waals surface area contributed by atoms with Crippen LogP contribution in [-0.4, -0.2) is 43.1 Å². The number of carbonyl (C=O) groups is 1. The molecule has 2 heterocycles. The summed E-state index contributed by atoms with van der Waals surface area (Å²) < 4.78 is 1.77.